The summed E-state index contributed by atoms with van der Waals surface area (Å²) in [5.41, 5.74) is 2.68. The highest BCUT2D eigenvalue weighted by atomic mass is 32.2. The second kappa shape index (κ2) is 12.5. The molecule has 0 unspecified atom stereocenters. The minimum atomic E-state index is -1.10. The predicted octanol–water partition coefficient (Wildman–Crippen LogP) is 4.56. The lowest BCUT2D eigenvalue weighted by atomic mass is 10.1. The third kappa shape index (κ3) is 7.25. The van der Waals surface area contributed by atoms with Crippen molar-refractivity contribution < 1.29 is 14.7 Å². The van der Waals surface area contributed by atoms with Gasteiger partial charge in [0, 0.05) is 21.6 Å². The third-order valence-electron chi connectivity index (χ3n) is 4.69. The summed E-state index contributed by atoms with van der Waals surface area (Å²) in [6.45, 7) is 1.47. The quantitative estimate of drug-likeness (QED) is 0.372. The number of carbonyl (C=O) groups is 2. The van der Waals surface area contributed by atoms with Crippen LogP contribution in [0.2, 0.25) is 0 Å². The number of carbonyl (C=O) groups excluding carboxylic acids is 2. The zero-order chi connectivity index (χ0) is 22.9. The first-order chi connectivity index (χ1) is 15.5. The molecule has 6 heteroatoms. The summed E-state index contributed by atoms with van der Waals surface area (Å²) in [7, 11) is 0. The minimum Gasteiger partial charge on any atom is -0.391 e. The van der Waals surface area contributed by atoms with Gasteiger partial charge in [-0.3, -0.25) is 9.59 Å². The van der Waals surface area contributed by atoms with E-state index in [0.717, 1.165) is 16.0 Å². The molecule has 3 aromatic carbocycles. The zero-order valence-electron chi connectivity index (χ0n) is 17.8. The molecule has 3 N–H and O–H groups in total. The van der Waals surface area contributed by atoms with Crippen LogP contribution < -0.4 is 10.6 Å². The molecule has 0 aliphatic heterocycles. The van der Waals surface area contributed by atoms with E-state index in [1.807, 2.05) is 54.8 Å². The monoisotopic (exact) mass is 460 g/mol. The molecule has 0 saturated heterocycles. The van der Waals surface area contributed by atoms with Crippen LogP contribution in [0.1, 0.15) is 35.8 Å². The maximum atomic E-state index is 12.7. The molecule has 0 fully saturated rings. The Labute approximate surface area is 199 Å². The van der Waals surface area contributed by atoms with Crippen molar-refractivity contribution in [1.82, 2.24) is 5.32 Å². The van der Waals surface area contributed by atoms with Crippen molar-refractivity contribution in [1.29, 1.82) is 0 Å². The summed E-state index contributed by atoms with van der Waals surface area (Å²) in [6.07, 6.45) is 0.837. The van der Waals surface area contributed by atoms with Crippen molar-refractivity contribution >= 4 is 29.3 Å². The Morgan fingerprint density at radius 1 is 0.879 bits per heavy atom. The molecule has 0 heterocycles. The third-order valence-corrected chi connectivity index (χ3v) is 5.48. The second-order valence-electron chi connectivity index (χ2n) is 7.07. The molecule has 5 nitrogen and oxygen atoms in total. The van der Waals surface area contributed by atoms with Crippen molar-refractivity contribution in [3.63, 3.8) is 0 Å². The maximum Gasteiger partial charge on any atom is 0.252 e. The number of benzene rings is 3. The van der Waals surface area contributed by atoms with Gasteiger partial charge in [0.05, 0.1) is 11.8 Å². The molecule has 2 amide bonds. The number of hydrogen-bond donors (Lipinski definition) is 3. The van der Waals surface area contributed by atoms with Crippen molar-refractivity contribution in [2.45, 2.75) is 31.4 Å². The first-order valence-corrected chi connectivity index (χ1v) is 11.3. The number of para-hydroxylation sites is 1. The van der Waals surface area contributed by atoms with E-state index in [9.17, 15) is 14.7 Å². The standard InChI is InChI=1S/C26H24N2O3S.CH4/c1-18(29)24(26(31)27-22-10-6-7-11-23(22)32-2)28-25(30)21-16-14-20(15-17-21)13-12-19-8-4-3-5-9-19;/h3-11,14-18,24,29H,1-2H3,(H,27,31)(H,28,30);1H4/t18-,24+;/m1./s1. The van der Waals surface area contributed by atoms with Crippen LogP contribution in [0.15, 0.2) is 83.8 Å². The molecule has 2 atom stereocenters. The van der Waals surface area contributed by atoms with Crippen molar-refractivity contribution in [3.8, 4) is 11.8 Å². The van der Waals surface area contributed by atoms with Gasteiger partial charge in [-0.25, -0.2) is 0 Å². The van der Waals surface area contributed by atoms with Crippen LogP contribution in [0.25, 0.3) is 0 Å². The van der Waals surface area contributed by atoms with E-state index in [1.54, 1.807) is 30.3 Å². The fourth-order valence-electron chi connectivity index (χ4n) is 2.96. The lowest BCUT2D eigenvalue weighted by molar-refractivity contribution is -0.120. The van der Waals surface area contributed by atoms with E-state index in [2.05, 4.69) is 22.5 Å². The average molecular weight is 461 g/mol. The van der Waals surface area contributed by atoms with Crippen molar-refractivity contribution in [2.24, 2.45) is 0 Å². The van der Waals surface area contributed by atoms with Crippen LogP contribution in [0.5, 0.6) is 0 Å². The van der Waals surface area contributed by atoms with E-state index in [1.165, 1.54) is 18.7 Å². The molecule has 170 valence electrons. The fourth-order valence-corrected chi connectivity index (χ4v) is 3.51. The highest BCUT2D eigenvalue weighted by molar-refractivity contribution is 7.98. The summed E-state index contributed by atoms with van der Waals surface area (Å²) >= 11 is 1.50. The molecule has 0 bridgehead atoms. The number of rotatable bonds is 6. The van der Waals surface area contributed by atoms with Gasteiger partial charge in [0.15, 0.2) is 0 Å². The first kappa shape index (κ1) is 25.7. The van der Waals surface area contributed by atoms with Gasteiger partial charge in [0.25, 0.3) is 5.91 Å². The van der Waals surface area contributed by atoms with Crippen molar-refractivity contribution in [3.05, 3.63) is 95.6 Å². The SMILES string of the molecule is C.CSc1ccccc1NC(=O)[C@@H](NC(=O)c1ccc(C#Cc2ccccc2)cc1)[C@@H](C)O. The summed E-state index contributed by atoms with van der Waals surface area (Å²) in [5.74, 6) is 5.18. The summed E-state index contributed by atoms with van der Waals surface area (Å²) in [4.78, 5) is 26.3. The number of thioether (sulfide) groups is 1. The number of anilines is 1. The Balaban J connectivity index is 0.00000385. The van der Waals surface area contributed by atoms with Gasteiger partial charge in [0.1, 0.15) is 6.04 Å². The molecular weight excluding hydrogens is 432 g/mol. The minimum absolute atomic E-state index is 0. The molecule has 0 aliphatic rings. The largest absolute Gasteiger partial charge is 0.391 e. The van der Waals surface area contributed by atoms with Crippen LogP contribution in [0.3, 0.4) is 0 Å². The Bertz CT molecular complexity index is 1130. The summed E-state index contributed by atoms with van der Waals surface area (Å²) in [6, 6.07) is 22.7. The Morgan fingerprint density at radius 3 is 2.06 bits per heavy atom. The molecule has 0 aromatic heterocycles. The van der Waals surface area contributed by atoms with Crippen LogP contribution in [0.4, 0.5) is 5.69 Å². The van der Waals surface area contributed by atoms with Crippen LogP contribution in [-0.4, -0.2) is 35.3 Å². The number of hydrogen-bond acceptors (Lipinski definition) is 4. The molecular formula is C27H28N2O3S. The number of aliphatic hydroxyl groups excluding tert-OH is 1. The van der Waals surface area contributed by atoms with Gasteiger partial charge in [-0.15, -0.1) is 11.8 Å². The second-order valence-corrected chi connectivity index (χ2v) is 7.92. The Kier molecular flexibility index (Phi) is 9.74. The molecule has 0 aliphatic carbocycles. The van der Waals surface area contributed by atoms with Gasteiger partial charge >= 0.3 is 0 Å². The number of aliphatic hydroxyl groups is 1. The molecule has 0 saturated carbocycles. The molecule has 3 aromatic rings. The summed E-state index contributed by atoms with van der Waals surface area (Å²) < 4.78 is 0. The van der Waals surface area contributed by atoms with E-state index in [0.29, 0.717) is 11.3 Å². The average Bonchev–Trinajstić information content (AvgIpc) is 2.82. The normalized spacial score (nSPS) is 11.7. The first-order valence-electron chi connectivity index (χ1n) is 10.1. The zero-order valence-corrected chi connectivity index (χ0v) is 18.6. The van der Waals surface area contributed by atoms with E-state index in [4.69, 9.17) is 0 Å². The van der Waals surface area contributed by atoms with Gasteiger partial charge < -0.3 is 15.7 Å². The van der Waals surface area contributed by atoms with Crippen LogP contribution in [0, 0.1) is 11.8 Å². The van der Waals surface area contributed by atoms with E-state index >= 15 is 0 Å². The lowest BCUT2D eigenvalue weighted by Gasteiger charge is -2.21. The van der Waals surface area contributed by atoms with E-state index < -0.39 is 24.0 Å². The van der Waals surface area contributed by atoms with E-state index in [-0.39, 0.29) is 7.43 Å². The highest BCUT2D eigenvalue weighted by Gasteiger charge is 2.26. The van der Waals surface area contributed by atoms with Gasteiger partial charge in [-0.1, -0.05) is 49.6 Å². The molecule has 0 spiro atoms. The highest BCUT2D eigenvalue weighted by Crippen LogP contribution is 2.24. The Hall–Kier alpha value is -3.53. The maximum absolute atomic E-state index is 12.7. The van der Waals surface area contributed by atoms with Gasteiger partial charge in [0.2, 0.25) is 5.91 Å². The molecule has 0 radical (unpaired) electrons. The van der Waals surface area contributed by atoms with Crippen LogP contribution in [-0.2, 0) is 4.79 Å². The van der Waals surface area contributed by atoms with Crippen LogP contribution >= 0.6 is 11.8 Å². The lowest BCUT2D eigenvalue weighted by Crippen LogP contribution is -2.50. The smallest absolute Gasteiger partial charge is 0.252 e. The Morgan fingerprint density at radius 2 is 1.45 bits per heavy atom. The molecule has 33 heavy (non-hydrogen) atoms. The number of nitrogens with one attached hydrogen (secondary N) is 2. The van der Waals surface area contributed by atoms with Crippen molar-refractivity contribution in [2.75, 3.05) is 11.6 Å². The summed E-state index contributed by atoms with van der Waals surface area (Å²) in [5, 5.41) is 15.5. The topological polar surface area (TPSA) is 78.4 Å². The fraction of sp³-hybridized carbons (Fsp3) is 0.185. The molecule has 3 rings (SSSR count). The number of amides is 2. The predicted molar refractivity (Wildman–Crippen MR) is 135 cm³/mol. The van der Waals surface area contributed by atoms with Gasteiger partial charge in [-0.2, -0.15) is 0 Å². The van der Waals surface area contributed by atoms with Gasteiger partial charge in [-0.05, 0) is 61.7 Å².